The number of rotatable bonds is 4. The molecule has 0 saturated heterocycles. The fourth-order valence-electron chi connectivity index (χ4n) is 2.61. The van der Waals surface area contributed by atoms with E-state index in [0.29, 0.717) is 0 Å². The van der Waals surface area contributed by atoms with Gasteiger partial charge in [0.15, 0.2) is 0 Å². The van der Waals surface area contributed by atoms with Crippen LogP contribution in [0.25, 0.3) is 0 Å². The highest BCUT2D eigenvalue weighted by molar-refractivity contribution is 4.75. The van der Waals surface area contributed by atoms with E-state index in [2.05, 4.69) is 13.8 Å². The van der Waals surface area contributed by atoms with Crippen LogP contribution in [0.15, 0.2) is 0 Å². The molecule has 1 aliphatic rings. The van der Waals surface area contributed by atoms with Crippen molar-refractivity contribution < 1.29 is 0 Å². The largest absolute Gasteiger partial charge is 0.330 e. The Morgan fingerprint density at radius 2 is 2.08 bits per heavy atom. The van der Waals surface area contributed by atoms with E-state index in [4.69, 9.17) is 5.73 Å². The van der Waals surface area contributed by atoms with Crippen LogP contribution in [0.3, 0.4) is 0 Å². The van der Waals surface area contributed by atoms with Crippen molar-refractivity contribution in [1.29, 1.82) is 0 Å². The summed E-state index contributed by atoms with van der Waals surface area (Å²) in [6.45, 7) is 5.62. The number of hydrogen-bond acceptors (Lipinski definition) is 1. The van der Waals surface area contributed by atoms with Crippen molar-refractivity contribution >= 4 is 0 Å². The minimum atomic E-state index is 0.878. The van der Waals surface area contributed by atoms with Gasteiger partial charge in [0, 0.05) is 0 Å². The zero-order valence-electron chi connectivity index (χ0n) is 9.26. The molecular formula is C12H25N. The first-order valence-corrected chi connectivity index (χ1v) is 5.94. The maximum absolute atomic E-state index is 5.54. The first-order valence-electron chi connectivity index (χ1n) is 5.94. The molecule has 0 heterocycles. The van der Waals surface area contributed by atoms with Crippen molar-refractivity contribution in [1.82, 2.24) is 0 Å². The summed E-state index contributed by atoms with van der Waals surface area (Å²) in [6.07, 6.45) is 8.46. The van der Waals surface area contributed by atoms with E-state index in [-0.39, 0.29) is 0 Å². The molecule has 1 aliphatic carbocycles. The normalized spacial score (nSPS) is 29.5. The molecule has 0 amide bonds. The van der Waals surface area contributed by atoms with E-state index in [1.807, 2.05) is 0 Å². The molecule has 0 aromatic carbocycles. The molecular weight excluding hydrogens is 158 g/mol. The highest BCUT2D eigenvalue weighted by Gasteiger charge is 2.23. The second kappa shape index (κ2) is 5.64. The topological polar surface area (TPSA) is 26.0 Å². The van der Waals surface area contributed by atoms with Crippen molar-refractivity contribution in [2.45, 2.75) is 52.4 Å². The summed E-state index contributed by atoms with van der Waals surface area (Å²) in [5.41, 5.74) is 5.54. The Labute approximate surface area is 83.1 Å². The second-order valence-corrected chi connectivity index (χ2v) is 4.97. The summed E-state index contributed by atoms with van der Waals surface area (Å²) in [5, 5.41) is 0. The highest BCUT2D eigenvalue weighted by Crippen LogP contribution is 2.35. The van der Waals surface area contributed by atoms with Crippen LogP contribution in [0.4, 0.5) is 0 Å². The van der Waals surface area contributed by atoms with Gasteiger partial charge in [-0.3, -0.25) is 0 Å². The lowest BCUT2D eigenvalue weighted by atomic mass is 9.75. The summed E-state index contributed by atoms with van der Waals surface area (Å²) >= 11 is 0. The Morgan fingerprint density at radius 3 is 2.69 bits per heavy atom. The van der Waals surface area contributed by atoms with Gasteiger partial charge in [-0.25, -0.2) is 0 Å². The van der Waals surface area contributed by atoms with Gasteiger partial charge < -0.3 is 5.73 Å². The van der Waals surface area contributed by atoms with Crippen LogP contribution >= 0.6 is 0 Å². The average Bonchev–Trinajstić information content (AvgIpc) is 2.15. The molecule has 2 unspecified atom stereocenters. The molecule has 0 spiro atoms. The predicted octanol–water partition coefficient (Wildman–Crippen LogP) is 3.19. The third-order valence-corrected chi connectivity index (χ3v) is 3.58. The molecule has 1 rings (SSSR count). The fourth-order valence-corrected chi connectivity index (χ4v) is 2.61. The Kier molecular flexibility index (Phi) is 4.79. The van der Waals surface area contributed by atoms with Gasteiger partial charge in [-0.2, -0.15) is 0 Å². The fraction of sp³-hybridized carbons (Fsp3) is 1.00. The SMILES string of the molecule is CC(C)C1CCCC(CCCN)C1. The van der Waals surface area contributed by atoms with E-state index in [9.17, 15) is 0 Å². The Bertz CT molecular complexity index is 131. The van der Waals surface area contributed by atoms with Gasteiger partial charge in [0.1, 0.15) is 0 Å². The first-order chi connectivity index (χ1) is 6.24. The van der Waals surface area contributed by atoms with Crippen molar-refractivity contribution in [3.05, 3.63) is 0 Å². The average molecular weight is 183 g/mol. The quantitative estimate of drug-likeness (QED) is 0.711. The minimum Gasteiger partial charge on any atom is -0.330 e. The van der Waals surface area contributed by atoms with Crippen molar-refractivity contribution in [3.8, 4) is 0 Å². The third-order valence-electron chi connectivity index (χ3n) is 3.58. The van der Waals surface area contributed by atoms with Crippen molar-refractivity contribution in [2.24, 2.45) is 23.5 Å². The molecule has 1 fully saturated rings. The van der Waals surface area contributed by atoms with Crippen LogP contribution < -0.4 is 5.73 Å². The Morgan fingerprint density at radius 1 is 1.31 bits per heavy atom. The van der Waals surface area contributed by atoms with Crippen LogP contribution in [-0.4, -0.2) is 6.54 Å². The van der Waals surface area contributed by atoms with Gasteiger partial charge in [0.25, 0.3) is 0 Å². The van der Waals surface area contributed by atoms with E-state index in [1.165, 1.54) is 38.5 Å². The summed E-state index contributed by atoms with van der Waals surface area (Å²) in [7, 11) is 0. The van der Waals surface area contributed by atoms with Crippen LogP contribution in [0.5, 0.6) is 0 Å². The molecule has 78 valence electrons. The molecule has 1 nitrogen and oxygen atoms in total. The first kappa shape index (κ1) is 11.0. The zero-order valence-corrected chi connectivity index (χ0v) is 9.26. The molecule has 0 aliphatic heterocycles. The van der Waals surface area contributed by atoms with E-state index >= 15 is 0 Å². The smallest absolute Gasteiger partial charge is 0.00772 e. The molecule has 0 aromatic rings. The summed E-state index contributed by atoms with van der Waals surface area (Å²) < 4.78 is 0. The van der Waals surface area contributed by atoms with Gasteiger partial charge in [-0.1, -0.05) is 33.1 Å². The molecule has 0 bridgehead atoms. The molecule has 1 saturated carbocycles. The molecule has 13 heavy (non-hydrogen) atoms. The van der Waals surface area contributed by atoms with Crippen LogP contribution in [0, 0.1) is 17.8 Å². The lowest BCUT2D eigenvalue weighted by Crippen LogP contribution is -2.20. The second-order valence-electron chi connectivity index (χ2n) is 4.97. The van der Waals surface area contributed by atoms with E-state index in [1.54, 1.807) is 0 Å². The van der Waals surface area contributed by atoms with E-state index in [0.717, 1.165) is 24.3 Å². The van der Waals surface area contributed by atoms with Gasteiger partial charge in [0.05, 0.1) is 0 Å². The van der Waals surface area contributed by atoms with Gasteiger partial charge in [-0.05, 0) is 43.6 Å². The predicted molar refractivity (Wildman–Crippen MR) is 58.6 cm³/mol. The highest BCUT2D eigenvalue weighted by atomic mass is 14.5. The molecule has 2 atom stereocenters. The monoisotopic (exact) mass is 183 g/mol. The summed E-state index contributed by atoms with van der Waals surface area (Å²) in [6, 6.07) is 0. The molecule has 2 N–H and O–H groups in total. The standard InChI is InChI=1S/C12H25N/c1-10(2)12-7-3-5-11(9-12)6-4-8-13/h10-12H,3-9,13H2,1-2H3. The van der Waals surface area contributed by atoms with Gasteiger partial charge >= 0.3 is 0 Å². The Hall–Kier alpha value is -0.0400. The zero-order chi connectivity index (χ0) is 9.68. The van der Waals surface area contributed by atoms with Gasteiger partial charge in [0.2, 0.25) is 0 Å². The maximum atomic E-state index is 5.54. The summed E-state index contributed by atoms with van der Waals surface area (Å²) in [4.78, 5) is 0. The minimum absolute atomic E-state index is 0.878. The van der Waals surface area contributed by atoms with Crippen molar-refractivity contribution in [2.75, 3.05) is 6.54 Å². The summed E-state index contributed by atoms with van der Waals surface area (Å²) in [5.74, 6) is 2.88. The maximum Gasteiger partial charge on any atom is -0.00772 e. The number of hydrogen-bond donors (Lipinski definition) is 1. The van der Waals surface area contributed by atoms with Crippen LogP contribution in [0.1, 0.15) is 52.4 Å². The molecule has 0 aromatic heterocycles. The lowest BCUT2D eigenvalue weighted by Gasteiger charge is -2.31. The Balaban J connectivity index is 2.25. The third kappa shape index (κ3) is 3.68. The van der Waals surface area contributed by atoms with Crippen LogP contribution in [0.2, 0.25) is 0 Å². The molecule has 1 heteroatoms. The van der Waals surface area contributed by atoms with E-state index < -0.39 is 0 Å². The number of nitrogens with two attached hydrogens (primary N) is 1. The van der Waals surface area contributed by atoms with Gasteiger partial charge in [-0.15, -0.1) is 0 Å². The lowest BCUT2D eigenvalue weighted by molar-refractivity contribution is 0.205. The molecule has 0 radical (unpaired) electrons. The van der Waals surface area contributed by atoms with Crippen molar-refractivity contribution in [3.63, 3.8) is 0 Å². The van der Waals surface area contributed by atoms with Crippen LogP contribution in [-0.2, 0) is 0 Å².